The number of nitrogens with zero attached hydrogens (tertiary/aromatic N) is 3. The number of hydrogen-bond donors (Lipinski definition) is 0. The van der Waals surface area contributed by atoms with Gasteiger partial charge in [0.1, 0.15) is 6.10 Å². The smallest absolute Gasteiger partial charge is 0.276 e. The van der Waals surface area contributed by atoms with E-state index in [4.69, 9.17) is 13.7 Å². The molecule has 0 bridgehead atoms. The minimum atomic E-state index is -0.186. The maximum Gasteiger partial charge on any atom is 0.276 e. The van der Waals surface area contributed by atoms with Crippen molar-refractivity contribution in [2.75, 3.05) is 13.1 Å². The average molecular weight is 325 g/mol. The van der Waals surface area contributed by atoms with E-state index in [2.05, 4.69) is 10.1 Å². The predicted octanol–water partition coefficient (Wildman–Crippen LogP) is 2.54. The lowest BCUT2D eigenvalue weighted by Gasteiger charge is -2.38. The molecule has 4 heterocycles. The van der Waals surface area contributed by atoms with Crippen molar-refractivity contribution in [3.8, 4) is 17.4 Å². The van der Waals surface area contributed by atoms with E-state index < -0.39 is 0 Å². The summed E-state index contributed by atoms with van der Waals surface area (Å²) < 4.78 is 16.1. The minimum Gasteiger partial charge on any atom is -0.471 e. The van der Waals surface area contributed by atoms with E-state index in [0.29, 0.717) is 30.5 Å². The molecule has 0 spiro atoms. The molecule has 3 aromatic heterocycles. The second kappa shape index (κ2) is 5.84. The lowest BCUT2D eigenvalue weighted by molar-refractivity contribution is 0.0152. The molecule has 0 radical (unpaired) electrons. The first-order valence-corrected chi connectivity index (χ1v) is 7.59. The average Bonchev–Trinajstić information content (AvgIpc) is 3.20. The Morgan fingerprint density at radius 2 is 2.12 bits per heavy atom. The Balaban J connectivity index is 1.36. The summed E-state index contributed by atoms with van der Waals surface area (Å²) in [4.78, 5) is 18.3. The fraction of sp³-hybridized carbons (Fsp3) is 0.235. The van der Waals surface area contributed by atoms with Crippen LogP contribution in [-0.2, 0) is 0 Å². The van der Waals surface area contributed by atoms with Gasteiger partial charge in [0.05, 0.1) is 19.4 Å². The molecular formula is C17H15N3O4. The summed E-state index contributed by atoms with van der Waals surface area (Å²) in [6.45, 7) is 2.90. The summed E-state index contributed by atoms with van der Waals surface area (Å²) in [6, 6.07) is 10.7. The molecule has 24 heavy (non-hydrogen) atoms. The van der Waals surface area contributed by atoms with Gasteiger partial charge < -0.3 is 18.6 Å². The van der Waals surface area contributed by atoms with Gasteiger partial charge in [-0.1, -0.05) is 11.2 Å². The highest BCUT2D eigenvalue weighted by atomic mass is 16.5. The third-order valence-electron chi connectivity index (χ3n) is 3.78. The Bertz CT molecular complexity index is 850. The van der Waals surface area contributed by atoms with Gasteiger partial charge in [-0.05, 0) is 25.1 Å². The number of likely N-dealkylation sites (tertiary alicyclic amines) is 1. The standard InChI is InChI=1S/C17H15N3O4/c1-11-4-2-6-16(18-11)23-12-9-20(10-12)17(21)13-8-15(24-19-13)14-5-3-7-22-14/h2-8,12H,9-10H2,1H3. The number of rotatable bonds is 4. The fourth-order valence-corrected chi connectivity index (χ4v) is 2.51. The third kappa shape index (κ3) is 2.76. The molecule has 0 aliphatic carbocycles. The molecule has 1 aliphatic heterocycles. The molecule has 7 nitrogen and oxygen atoms in total. The van der Waals surface area contributed by atoms with Crippen LogP contribution in [0.15, 0.2) is 51.6 Å². The van der Waals surface area contributed by atoms with Crippen LogP contribution in [0.2, 0.25) is 0 Å². The Morgan fingerprint density at radius 3 is 2.88 bits per heavy atom. The largest absolute Gasteiger partial charge is 0.471 e. The molecule has 1 saturated heterocycles. The molecule has 1 fully saturated rings. The van der Waals surface area contributed by atoms with Crippen molar-refractivity contribution >= 4 is 5.91 Å². The van der Waals surface area contributed by atoms with Crippen molar-refractivity contribution in [2.24, 2.45) is 0 Å². The zero-order valence-corrected chi connectivity index (χ0v) is 13.0. The number of pyridine rings is 1. The summed E-state index contributed by atoms with van der Waals surface area (Å²) in [5, 5.41) is 3.82. The van der Waals surface area contributed by atoms with Crippen LogP contribution in [0.5, 0.6) is 5.88 Å². The van der Waals surface area contributed by atoms with Crippen LogP contribution in [0.1, 0.15) is 16.2 Å². The number of furan rings is 1. The third-order valence-corrected chi connectivity index (χ3v) is 3.78. The van der Waals surface area contributed by atoms with Gasteiger partial charge in [-0.15, -0.1) is 0 Å². The highest BCUT2D eigenvalue weighted by Crippen LogP contribution is 2.23. The molecule has 3 aromatic rings. The number of amides is 1. The maximum absolute atomic E-state index is 12.4. The van der Waals surface area contributed by atoms with Gasteiger partial charge in [-0.25, -0.2) is 4.98 Å². The van der Waals surface area contributed by atoms with Crippen LogP contribution >= 0.6 is 0 Å². The summed E-state index contributed by atoms with van der Waals surface area (Å²) >= 11 is 0. The lowest BCUT2D eigenvalue weighted by Crippen LogP contribution is -2.56. The number of hydrogen-bond acceptors (Lipinski definition) is 6. The van der Waals surface area contributed by atoms with E-state index in [1.54, 1.807) is 23.1 Å². The number of aryl methyl sites for hydroxylation is 1. The fourth-order valence-electron chi connectivity index (χ4n) is 2.51. The van der Waals surface area contributed by atoms with Crippen molar-refractivity contribution < 1.29 is 18.5 Å². The normalized spacial score (nSPS) is 14.5. The summed E-state index contributed by atoms with van der Waals surface area (Å²) in [5.74, 6) is 1.36. The summed E-state index contributed by atoms with van der Waals surface area (Å²) in [7, 11) is 0. The second-order valence-corrected chi connectivity index (χ2v) is 5.62. The second-order valence-electron chi connectivity index (χ2n) is 5.62. The van der Waals surface area contributed by atoms with Crippen molar-refractivity contribution in [3.05, 3.63) is 54.0 Å². The Labute approximate surface area is 137 Å². The highest BCUT2D eigenvalue weighted by Gasteiger charge is 2.34. The quantitative estimate of drug-likeness (QED) is 0.733. The maximum atomic E-state index is 12.4. The summed E-state index contributed by atoms with van der Waals surface area (Å²) in [5.41, 5.74) is 1.15. The number of carbonyl (C=O) groups excluding carboxylic acids is 1. The van der Waals surface area contributed by atoms with Gasteiger partial charge >= 0.3 is 0 Å². The predicted molar refractivity (Wildman–Crippen MR) is 83.5 cm³/mol. The van der Waals surface area contributed by atoms with Crippen molar-refractivity contribution in [1.82, 2.24) is 15.0 Å². The van der Waals surface area contributed by atoms with Crippen LogP contribution in [0, 0.1) is 6.92 Å². The van der Waals surface area contributed by atoms with Crippen LogP contribution in [0.4, 0.5) is 0 Å². The van der Waals surface area contributed by atoms with Gasteiger partial charge in [-0.3, -0.25) is 4.79 Å². The first kappa shape index (κ1) is 14.5. The number of carbonyl (C=O) groups is 1. The van der Waals surface area contributed by atoms with Gasteiger partial charge in [0, 0.05) is 17.8 Å². The first-order valence-electron chi connectivity index (χ1n) is 7.59. The zero-order valence-electron chi connectivity index (χ0n) is 13.0. The van der Waals surface area contributed by atoms with E-state index in [9.17, 15) is 4.79 Å². The molecule has 0 saturated carbocycles. The van der Waals surface area contributed by atoms with Crippen LogP contribution in [0.25, 0.3) is 11.5 Å². The monoisotopic (exact) mass is 325 g/mol. The minimum absolute atomic E-state index is 0.0558. The number of aromatic nitrogens is 2. The van der Waals surface area contributed by atoms with Crippen LogP contribution < -0.4 is 4.74 Å². The van der Waals surface area contributed by atoms with Crippen molar-refractivity contribution in [3.63, 3.8) is 0 Å². The van der Waals surface area contributed by atoms with E-state index >= 15 is 0 Å². The van der Waals surface area contributed by atoms with E-state index in [0.717, 1.165) is 5.69 Å². The van der Waals surface area contributed by atoms with Gasteiger partial charge in [0.15, 0.2) is 11.5 Å². The summed E-state index contributed by atoms with van der Waals surface area (Å²) in [6.07, 6.45) is 1.48. The molecule has 0 unspecified atom stereocenters. The molecule has 0 N–H and O–H groups in total. The lowest BCUT2D eigenvalue weighted by atomic mass is 10.1. The SMILES string of the molecule is Cc1cccc(OC2CN(C(=O)c3cc(-c4ccco4)on3)C2)n1. The van der Waals surface area contributed by atoms with E-state index in [1.165, 1.54) is 6.26 Å². The molecule has 122 valence electrons. The zero-order chi connectivity index (χ0) is 16.5. The van der Waals surface area contributed by atoms with Crippen LogP contribution in [-0.4, -0.2) is 40.1 Å². The Kier molecular flexibility index (Phi) is 3.53. The Hall–Kier alpha value is -3.09. The van der Waals surface area contributed by atoms with Gasteiger partial charge in [0.2, 0.25) is 11.6 Å². The van der Waals surface area contributed by atoms with Crippen molar-refractivity contribution in [2.45, 2.75) is 13.0 Å². The molecule has 7 heteroatoms. The van der Waals surface area contributed by atoms with Gasteiger partial charge in [0.25, 0.3) is 5.91 Å². The molecule has 0 aromatic carbocycles. The molecule has 0 atom stereocenters. The van der Waals surface area contributed by atoms with E-state index in [1.807, 2.05) is 25.1 Å². The number of ether oxygens (including phenoxy) is 1. The van der Waals surface area contributed by atoms with Gasteiger partial charge in [-0.2, -0.15) is 0 Å². The Morgan fingerprint density at radius 1 is 1.25 bits per heavy atom. The van der Waals surface area contributed by atoms with Crippen molar-refractivity contribution in [1.29, 1.82) is 0 Å². The highest BCUT2D eigenvalue weighted by molar-refractivity contribution is 5.93. The molecular weight excluding hydrogens is 310 g/mol. The van der Waals surface area contributed by atoms with E-state index in [-0.39, 0.29) is 17.7 Å². The topological polar surface area (TPSA) is 81.6 Å². The molecule has 4 rings (SSSR count). The van der Waals surface area contributed by atoms with Crippen LogP contribution in [0.3, 0.4) is 0 Å². The molecule has 1 amide bonds. The first-order chi connectivity index (χ1) is 11.7. The molecule has 1 aliphatic rings.